The second-order valence-electron chi connectivity index (χ2n) is 5.03. The fourth-order valence-electron chi connectivity index (χ4n) is 2.01. The summed E-state index contributed by atoms with van der Waals surface area (Å²) in [5.74, 6) is 3.70. The number of hydrogen-bond donors (Lipinski definition) is 2. The zero-order valence-corrected chi connectivity index (χ0v) is 11.1. The Balaban J connectivity index is 2.40. The van der Waals surface area contributed by atoms with Crippen LogP contribution in [-0.4, -0.2) is 35.3 Å². The average molecular weight is 231 g/mol. The van der Waals surface area contributed by atoms with Gasteiger partial charge < -0.3 is 10.4 Å². The van der Waals surface area contributed by atoms with Crippen LogP contribution in [0.1, 0.15) is 33.6 Å². The number of aliphatic hydroxyl groups excluding tert-OH is 1. The molecule has 2 nitrogen and oxygen atoms in total. The van der Waals surface area contributed by atoms with Crippen molar-refractivity contribution in [3.63, 3.8) is 0 Å². The smallest absolute Gasteiger partial charge is 0.0624 e. The van der Waals surface area contributed by atoms with Gasteiger partial charge in [0.25, 0.3) is 0 Å². The molecule has 2 N–H and O–H groups in total. The van der Waals surface area contributed by atoms with Crippen LogP contribution in [0.3, 0.4) is 0 Å². The van der Waals surface area contributed by atoms with Crippen LogP contribution >= 0.6 is 11.8 Å². The lowest BCUT2D eigenvalue weighted by Gasteiger charge is -2.33. The van der Waals surface area contributed by atoms with Crippen LogP contribution in [0.15, 0.2) is 0 Å². The predicted octanol–water partition coefficient (Wildman–Crippen LogP) is 2.13. The van der Waals surface area contributed by atoms with Crippen LogP contribution in [0.5, 0.6) is 0 Å². The Labute approximate surface area is 98.2 Å². The summed E-state index contributed by atoms with van der Waals surface area (Å²) < 4.78 is 0. The van der Waals surface area contributed by atoms with Gasteiger partial charge in [-0.3, -0.25) is 0 Å². The summed E-state index contributed by atoms with van der Waals surface area (Å²) in [7, 11) is 0. The van der Waals surface area contributed by atoms with Gasteiger partial charge in [-0.05, 0) is 37.0 Å². The van der Waals surface area contributed by atoms with Crippen molar-refractivity contribution in [2.24, 2.45) is 11.8 Å². The van der Waals surface area contributed by atoms with Gasteiger partial charge in [0.2, 0.25) is 0 Å². The molecule has 1 fully saturated rings. The van der Waals surface area contributed by atoms with Gasteiger partial charge in [0.15, 0.2) is 0 Å². The van der Waals surface area contributed by atoms with Crippen molar-refractivity contribution in [3.05, 3.63) is 0 Å². The SMILES string of the molecule is CCNC(CO)(CSCC(C)C)C1CC1. The molecular formula is C12H25NOS. The molecule has 0 aromatic rings. The van der Waals surface area contributed by atoms with Crippen molar-refractivity contribution in [2.75, 3.05) is 24.7 Å². The van der Waals surface area contributed by atoms with E-state index in [1.165, 1.54) is 18.6 Å². The molecule has 1 rings (SSSR count). The summed E-state index contributed by atoms with van der Waals surface area (Å²) >= 11 is 1.98. The van der Waals surface area contributed by atoms with Crippen LogP contribution < -0.4 is 5.32 Å². The van der Waals surface area contributed by atoms with E-state index in [1.807, 2.05) is 11.8 Å². The molecule has 0 aliphatic heterocycles. The lowest BCUT2D eigenvalue weighted by atomic mass is 9.97. The van der Waals surface area contributed by atoms with Crippen molar-refractivity contribution in [1.82, 2.24) is 5.32 Å². The van der Waals surface area contributed by atoms with Gasteiger partial charge in [-0.2, -0.15) is 11.8 Å². The van der Waals surface area contributed by atoms with Crippen LogP contribution in [0.2, 0.25) is 0 Å². The Bertz CT molecular complexity index is 182. The first-order valence-electron chi connectivity index (χ1n) is 6.08. The third-order valence-electron chi connectivity index (χ3n) is 2.98. The van der Waals surface area contributed by atoms with E-state index in [0.717, 1.165) is 18.2 Å². The zero-order valence-electron chi connectivity index (χ0n) is 10.3. The highest BCUT2D eigenvalue weighted by Crippen LogP contribution is 2.41. The fourth-order valence-corrected chi connectivity index (χ4v) is 3.39. The second-order valence-corrected chi connectivity index (χ2v) is 6.06. The Morgan fingerprint density at radius 1 is 1.47 bits per heavy atom. The van der Waals surface area contributed by atoms with E-state index in [0.29, 0.717) is 5.92 Å². The lowest BCUT2D eigenvalue weighted by Crippen LogP contribution is -2.52. The summed E-state index contributed by atoms with van der Waals surface area (Å²) in [6.45, 7) is 7.87. The molecule has 0 saturated heterocycles. The summed E-state index contributed by atoms with van der Waals surface area (Å²) in [5.41, 5.74) is 0.00824. The number of hydrogen-bond acceptors (Lipinski definition) is 3. The van der Waals surface area contributed by atoms with E-state index in [2.05, 4.69) is 26.1 Å². The first-order chi connectivity index (χ1) is 7.14. The molecule has 0 aromatic heterocycles. The first kappa shape index (κ1) is 13.3. The van der Waals surface area contributed by atoms with Crippen LogP contribution in [0, 0.1) is 11.8 Å². The molecule has 90 valence electrons. The number of rotatable bonds is 8. The molecule has 3 heteroatoms. The van der Waals surface area contributed by atoms with Gasteiger partial charge in [-0.1, -0.05) is 20.8 Å². The van der Waals surface area contributed by atoms with Crippen molar-refractivity contribution >= 4 is 11.8 Å². The van der Waals surface area contributed by atoms with E-state index in [9.17, 15) is 5.11 Å². The summed E-state index contributed by atoms with van der Waals surface area (Å²) in [6.07, 6.45) is 2.57. The van der Waals surface area contributed by atoms with E-state index >= 15 is 0 Å². The normalized spacial score (nSPS) is 20.6. The minimum absolute atomic E-state index is 0.00824. The third kappa shape index (κ3) is 3.97. The number of aliphatic hydroxyl groups is 1. The Morgan fingerprint density at radius 2 is 2.13 bits per heavy atom. The number of thioether (sulfide) groups is 1. The molecule has 0 bridgehead atoms. The number of nitrogens with one attached hydrogen (secondary N) is 1. The average Bonchev–Trinajstić information content (AvgIpc) is 2.99. The highest BCUT2D eigenvalue weighted by Gasteiger charge is 2.43. The van der Waals surface area contributed by atoms with Crippen molar-refractivity contribution in [1.29, 1.82) is 0 Å². The maximum absolute atomic E-state index is 9.61. The number of likely N-dealkylation sites (N-methyl/N-ethyl adjacent to an activating group) is 1. The van der Waals surface area contributed by atoms with Gasteiger partial charge >= 0.3 is 0 Å². The van der Waals surface area contributed by atoms with Crippen LogP contribution in [0.25, 0.3) is 0 Å². The molecule has 1 aliphatic carbocycles. The maximum Gasteiger partial charge on any atom is 0.0624 e. The first-order valence-corrected chi connectivity index (χ1v) is 7.23. The van der Waals surface area contributed by atoms with Crippen LogP contribution in [-0.2, 0) is 0 Å². The maximum atomic E-state index is 9.61. The van der Waals surface area contributed by atoms with Gasteiger partial charge in [0.05, 0.1) is 12.1 Å². The van der Waals surface area contributed by atoms with E-state index in [4.69, 9.17) is 0 Å². The molecule has 1 saturated carbocycles. The van der Waals surface area contributed by atoms with Gasteiger partial charge in [0, 0.05) is 5.75 Å². The molecular weight excluding hydrogens is 206 g/mol. The van der Waals surface area contributed by atoms with Crippen molar-refractivity contribution in [3.8, 4) is 0 Å². The summed E-state index contributed by atoms with van der Waals surface area (Å²) in [5, 5.41) is 13.1. The van der Waals surface area contributed by atoms with Gasteiger partial charge in [0.1, 0.15) is 0 Å². The molecule has 0 spiro atoms. The monoisotopic (exact) mass is 231 g/mol. The topological polar surface area (TPSA) is 32.3 Å². The molecule has 0 amide bonds. The van der Waals surface area contributed by atoms with Crippen molar-refractivity contribution < 1.29 is 5.11 Å². The van der Waals surface area contributed by atoms with Crippen molar-refractivity contribution in [2.45, 2.75) is 39.2 Å². The summed E-state index contributed by atoms with van der Waals surface area (Å²) in [4.78, 5) is 0. The molecule has 1 unspecified atom stereocenters. The molecule has 0 radical (unpaired) electrons. The van der Waals surface area contributed by atoms with E-state index in [1.54, 1.807) is 0 Å². The third-order valence-corrected chi connectivity index (χ3v) is 4.60. The highest BCUT2D eigenvalue weighted by molar-refractivity contribution is 7.99. The second kappa shape index (κ2) is 6.12. The van der Waals surface area contributed by atoms with Crippen LogP contribution in [0.4, 0.5) is 0 Å². The quantitative estimate of drug-likeness (QED) is 0.671. The minimum Gasteiger partial charge on any atom is -0.394 e. The van der Waals surface area contributed by atoms with E-state index in [-0.39, 0.29) is 12.1 Å². The standard InChI is InChI=1S/C12H25NOS/c1-4-13-12(8-14,11-5-6-11)9-15-7-10(2)3/h10-11,13-14H,4-9H2,1-3H3. The summed E-state index contributed by atoms with van der Waals surface area (Å²) in [6, 6.07) is 0. The molecule has 1 aliphatic rings. The largest absolute Gasteiger partial charge is 0.394 e. The molecule has 0 aromatic carbocycles. The lowest BCUT2D eigenvalue weighted by molar-refractivity contribution is 0.161. The van der Waals surface area contributed by atoms with E-state index < -0.39 is 0 Å². The Kier molecular flexibility index (Phi) is 5.44. The van der Waals surface area contributed by atoms with Gasteiger partial charge in [-0.25, -0.2) is 0 Å². The zero-order chi connectivity index (χ0) is 11.3. The molecule has 0 heterocycles. The highest BCUT2D eigenvalue weighted by atomic mass is 32.2. The fraction of sp³-hybridized carbons (Fsp3) is 1.00. The predicted molar refractivity (Wildman–Crippen MR) is 68.4 cm³/mol. The molecule has 15 heavy (non-hydrogen) atoms. The van der Waals surface area contributed by atoms with Gasteiger partial charge in [-0.15, -0.1) is 0 Å². The minimum atomic E-state index is 0.00824. The molecule has 1 atom stereocenters. The Hall–Kier alpha value is 0.270. The Morgan fingerprint density at radius 3 is 2.53 bits per heavy atom.